The maximum absolute atomic E-state index is 10.8. The Hall–Kier alpha value is -2.61. The van der Waals surface area contributed by atoms with Crippen molar-refractivity contribution in [2.75, 3.05) is 5.75 Å². The number of aliphatic carboxylic acids is 1. The summed E-state index contributed by atoms with van der Waals surface area (Å²) in [6, 6.07) is 7.31. The molecule has 0 unspecified atom stereocenters. The predicted molar refractivity (Wildman–Crippen MR) is 79.4 cm³/mol. The van der Waals surface area contributed by atoms with E-state index in [1.54, 1.807) is 24.7 Å². The standard InChI is InChI=1S/C14H12N4O3S/c19-12(20)9-22-14-17-16-13(10-3-5-15-6-4-10)18(14)8-11-2-1-7-21-11/h1-7H,8-9H2,(H,19,20). The van der Waals surface area contributed by atoms with Crippen LogP contribution < -0.4 is 0 Å². The van der Waals surface area contributed by atoms with E-state index in [0.717, 1.165) is 23.1 Å². The Morgan fingerprint density at radius 3 is 2.77 bits per heavy atom. The molecule has 3 aromatic rings. The molecule has 0 aliphatic rings. The monoisotopic (exact) mass is 316 g/mol. The van der Waals surface area contributed by atoms with Crippen molar-refractivity contribution in [3.8, 4) is 11.4 Å². The summed E-state index contributed by atoms with van der Waals surface area (Å²) in [5, 5.41) is 17.6. The van der Waals surface area contributed by atoms with E-state index in [1.807, 2.05) is 22.8 Å². The molecule has 0 radical (unpaired) electrons. The average Bonchev–Trinajstić information content (AvgIpc) is 3.16. The lowest BCUT2D eigenvalue weighted by molar-refractivity contribution is -0.133. The summed E-state index contributed by atoms with van der Waals surface area (Å²) in [7, 11) is 0. The molecule has 0 aromatic carbocycles. The quantitative estimate of drug-likeness (QED) is 0.696. The summed E-state index contributed by atoms with van der Waals surface area (Å²) >= 11 is 1.13. The molecule has 112 valence electrons. The minimum atomic E-state index is -0.900. The molecule has 0 bridgehead atoms. The second-order valence-electron chi connectivity index (χ2n) is 4.39. The van der Waals surface area contributed by atoms with Crippen molar-refractivity contribution in [2.45, 2.75) is 11.7 Å². The number of hydrogen-bond acceptors (Lipinski definition) is 6. The molecule has 0 aliphatic carbocycles. The number of nitrogens with zero attached hydrogens (tertiary/aromatic N) is 4. The van der Waals surface area contributed by atoms with Crippen LogP contribution >= 0.6 is 11.8 Å². The van der Waals surface area contributed by atoms with Gasteiger partial charge in [-0.3, -0.25) is 14.3 Å². The molecule has 8 heteroatoms. The van der Waals surface area contributed by atoms with Gasteiger partial charge in [0.2, 0.25) is 0 Å². The van der Waals surface area contributed by atoms with Crippen molar-refractivity contribution in [1.29, 1.82) is 0 Å². The van der Waals surface area contributed by atoms with Crippen LogP contribution in [0.2, 0.25) is 0 Å². The highest BCUT2D eigenvalue weighted by Gasteiger charge is 2.16. The van der Waals surface area contributed by atoms with Gasteiger partial charge >= 0.3 is 5.97 Å². The fourth-order valence-corrected chi connectivity index (χ4v) is 2.60. The zero-order valence-corrected chi connectivity index (χ0v) is 12.2. The Morgan fingerprint density at radius 1 is 1.27 bits per heavy atom. The largest absolute Gasteiger partial charge is 0.481 e. The maximum Gasteiger partial charge on any atom is 0.313 e. The lowest BCUT2D eigenvalue weighted by atomic mass is 10.2. The molecule has 0 spiro atoms. The minimum absolute atomic E-state index is 0.0768. The second kappa shape index (κ2) is 6.44. The average molecular weight is 316 g/mol. The number of thioether (sulfide) groups is 1. The summed E-state index contributed by atoms with van der Waals surface area (Å²) in [5.74, 6) is 0.411. The van der Waals surface area contributed by atoms with E-state index in [9.17, 15) is 4.79 Å². The van der Waals surface area contributed by atoms with Crippen molar-refractivity contribution in [1.82, 2.24) is 19.7 Å². The molecule has 0 aliphatic heterocycles. The molecule has 0 fully saturated rings. The third-order valence-corrected chi connectivity index (χ3v) is 3.83. The van der Waals surface area contributed by atoms with E-state index in [4.69, 9.17) is 9.52 Å². The molecular weight excluding hydrogens is 304 g/mol. The number of furan rings is 1. The first kappa shape index (κ1) is 14.3. The van der Waals surface area contributed by atoms with Gasteiger partial charge in [0.05, 0.1) is 18.6 Å². The topological polar surface area (TPSA) is 94.0 Å². The highest BCUT2D eigenvalue weighted by Crippen LogP contribution is 2.24. The molecule has 7 nitrogen and oxygen atoms in total. The predicted octanol–water partition coefficient (Wildman–Crippen LogP) is 2.16. The molecular formula is C14H12N4O3S. The van der Waals surface area contributed by atoms with Gasteiger partial charge in [-0.25, -0.2) is 0 Å². The van der Waals surface area contributed by atoms with E-state index in [1.165, 1.54) is 0 Å². The lowest BCUT2D eigenvalue weighted by Crippen LogP contribution is -2.05. The second-order valence-corrected chi connectivity index (χ2v) is 5.33. The van der Waals surface area contributed by atoms with Gasteiger partial charge in [0.1, 0.15) is 5.76 Å². The maximum atomic E-state index is 10.8. The van der Waals surface area contributed by atoms with Crippen LogP contribution in [0.3, 0.4) is 0 Å². The number of pyridine rings is 1. The van der Waals surface area contributed by atoms with Crippen LogP contribution in [0.5, 0.6) is 0 Å². The summed E-state index contributed by atoms with van der Waals surface area (Å²) in [6.07, 6.45) is 4.94. The van der Waals surface area contributed by atoms with Crippen LogP contribution in [0, 0.1) is 0 Å². The van der Waals surface area contributed by atoms with Gasteiger partial charge in [-0.1, -0.05) is 11.8 Å². The summed E-state index contributed by atoms with van der Waals surface area (Å²) in [6.45, 7) is 0.430. The lowest BCUT2D eigenvalue weighted by Gasteiger charge is -2.08. The van der Waals surface area contributed by atoms with Crippen molar-refractivity contribution < 1.29 is 14.3 Å². The highest BCUT2D eigenvalue weighted by molar-refractivity contribution is 7.99. The zero-order valence-electron chi connectivity index (χ0n) is 11.4. The van der Waals surface area contributed by atoms with Gasteiger partial charge in [0, 0.05) is 18.0 Å². The summed E-state index contributed by atoms with van der Waals surface area (Å²) < 4.78 is 7.20. The summed E-state index contributed by atoms with van der Waals surface area (Å²) in [5.41, 5.74) is 0.858. The molecule has 3 aromatic heterocycles. The molecule has 0 saturated heterocycles. The molecule has 0 amide bonds. The van der Waals surface area contributed by atoms with E-state index >= 15 is 0 Å². The Labute approximate surface area is 130 Å². The normalized spacial score (nSPS) is 10.7. The van der Waals surface area contributed by atoms with Crippen LogP contribution in [-0.4, -0.2) is 36.6 Å². The number of rotatable bonds is 6. The first-order chi connectivity index (χ1) is 10.7. The third-order valence-electron chi connectivity index (χ3n) is 2.87. The van der Waals surface area contributed by atoms with Crippen LogP contribution in [-0.2, 0) is 11.3 Å². The minimum Gasteiger partial charge on any atom is -0.481 e. The van der Waals surface area contributed by atoms with Crippen LogP contribution in [0.15, 0.2) is 52.5 Å². The number of carboxylic acids is 1. The van der Waals surface area contributed by atoms with Gasteiger partial charge in [-0.2, -0.15) is 0 Å². The first-order valence-corrected chi connectivity index (χ1v) is 7.43. The Bertz CT molecular complexity index is 756. The Kier molecular flexibility index (Phi) is 4.19. The van der Waals surface area contributed by atoms with E-state index in [-0.39, 0.29) is 5.75 Å². The van der Waals surface area contributed by atoms with Crippen LogP contribution in [0.4, 0.5) is 0 Å². The van der Waals surface area contributed by atoms with Crippen molar-refractivity contribution in [2.24, 2.45) is 0 Å². The molecule has 1 N–H and O–H groups in total. The first-order valence-electron chi connectivity index (χ1n) is 6.44. The Balaban J connectivity index is 1.97. The molecule has 3 rings (SSSR count). The van der Waals surface area contributed by atoms with E-state index < -0.39 is 5.97 Å². The highest BCUT2D eigenvalue weighted by atomic mass is 32.2. The van der Waals surface area contributed by atoms with Gasteiger partial charge in [0.15, 0.2) is 11.0 Å². The fraction of sp³-hybridized carbons (Fsp3) is 0.143. The fourth-order valence-electron chi connectivity index (χ4n) is 1.94. The third kappa shape index (κ3) is 3.17. The van der Waals surface area contributed by atoms with E-state index in [2.05, 4.69) is 15.2 Å². The van der Waals surface area contributed by atoms with Gasteiger partial charge in [0.25, 0.3) is 0 Å². The molecule has 3 heterocycles. The smallest absolute Gasteiger partial charge is 0.313 e. The Morgan fingerprint density at radius 2 is 2.09 bits per heavy atom. The van der Waals surface area contributed by atoms with E-state index in [0.29, 0.717) is 17.5 Å². The summed E-state index contributed by atoms with van der Waals surface area (Å²) in [4.78, 5) is 14.8. The number of aromatic nitrogens is 4. The number of carboxylic acid groups (broad SMARTS) is 1. The van der Waals surface area contributed by atoms with Crippen molar-refractivity contribution >= 4 is 17.7 Å². The zero-order chi connectivity index (χ0) is 15.4. The molecule has 0 saturated carbocycles. The number of carbonyl (C=O) groups is 1. The SMILES string of the molecule is O=C(O)CSc1nnc(-c2ccncc2)n1Cc1ccco1. The van der Waals surface area contributed by atoms with Gasteiger partial charge in [-0.05, 0) is 24.3 Å². The molecule has 0 atom stereocenters. The van der Waals surface area contributed by atoms with Gasteiger partial charge in [-0.15, -0.1) is 10.2 Å². The number of hydrogen-bond donors (Lipinski definition) is 1. The van der Waals surface area contributed by atoms with Crippen molar-refractivity contribution in [3.63, 3.8) is 0 Å². The van der Waals surface area contributed by atoms with Crippen LogP contribution in [0.25, 0.3) is 11.4 Å². The van der Waals surface area contributed by atoms with Gasteiger partial charge < -0.3 is 9.52 Å². The van der Waals surface area contributed by atoms with Crippen LogP contribution in [0.1, 0.15) is 5.76 Å². The van der Waals surface area contributed by atoms with Crippen molar-refractivity contribution in [3.05, 3.63) is 48.7 Å². The molecule has 22 heavy (non-hydrogen) atoms.